The summed E-state index contributed by atoms with van der Waals surface area (Å²) in [6.07, 6.45) is 5.19. The first-order valence-electron chi connectivity index (χ1n) is 20.8. The minimum atomic E-state index is 0.206. The highest BCUT2D eigenvalue weighted by Crippen LogP contribution is 2.42. The fourth-order valence-corrected chi connectivity index (χ4v) is 8.31. The van der Waals surface area contributed by atoms with Gasteiger partial charge in [-0.25, -0.2) is 19.9 Å². The van der Waals surface area contributed by atoms with Gasteiger partial charge in [-0.1, -0.05) is 139 Å². The molecule has 0 radical (unpaired) electrons. The molecule has 300 valence electrons. The zero-order chi connectivity index (χ0) is 41.9. The molecule has 0 fully saturated rings. The minimum Gasteiger partial charge on any atom is -0.456 e. The number of aromatic nitrogens is 4. The first-order chi connectivity index (χ1) is 29.4. The van der Waals surface area contributed by atoms with Crippen molar-refractivity contribution in [1.82, 2.24) is 19.9 Å². The van der Waals surface area contributed by atoms with Crippen LogP contribution in [0.2, 0.25) is 0 Å². The topological polar surface area (TPSA) is 87.1 Å². The van der Waals surface area contributed by atoms with Crippen LogP contribution in [0, 0.1) is 10.8 Å². The minimum absolute atomic E-state index is 0.206. The largest absolute Gasteiger partial charge is 0.456 e. The summed E-state index contributed by atoms with van der Waals surface area (Å²) >= 11 is 0. The lowest BCUT2D eigenvalue weighted by Gasteiger charge is -2.18. The average Bonchev–Trinajstić information content (AvgIpc) is 3.88. The van der Waals surface area contributed by atoms with E-state index in [9.17, 15) is 0 Å². The van der Waals surface area contributed by atoms with Gasteiger partial charge in [0.25, 0.3) is 0 Å². The highest BCUT2D eigenvalue weighted by Gasteiger charge is 2.20. The van der Waals surface area contributed by atoms with E-state index in [2.05, 4.69) is 136 Å². The van der Waals surface area contributed by atoms with Crippen LogP contribution in [0.5, 0.6) is 11.5 Å². The molecule has 10 aromatic rings. The average molecular weight is 799 g/mol. The number of fused-ring (bicyclic) bond motifs is 4. The number of benzene rings is 6. The molecule has 0 spiro atoms. The molecule has 0 aliphatic heterocycles. The molecule has 0 aliphatic rings. The standard InChI is InChI=1S/C54H46N4O3/c1-53(2,3)29-33-15-19-35(20-16-33)45-27-43-51(60-45)49(57-31-55-43)39-23-37-11-7-9-13-41(37)47(25-39)59-48-26-40(24-38-12-8-10-14-42(38)48)50-52-44(56-32-58-50)28-46(61-52)36-21-17-34(18-22-36)30-54(4,5)6/h7-28,31-32H,29-30H2,1-6H3. The van der Waals surface area contributed by atoms with E-state index in [0.717, 1.165) is 79.2 Å². The van der Waals surface area contributed by atoms with Crippen molar-refractivity contribution in [2.45, 2.75) is 54.4 Å². The molecule has 0 aliphatic carbocycles. The first-order valence-corrected chi connectivity index (χ1v) is 20.8. The Kier molecular flexibility index (Phi) is 9.28. The maximum absolute atomic E-state index is 7.05. The van der Waals surface area contributed by atoms with Gasteiger partial charge in [0.15, 0.2) is 11.2 Å². The van der Waals surface area contributed by atoms with Crippen molar-refractivity contribution < 1.29 is 13.6 Å². The molecule has 61 heavy (non-hydrogen) atoms. The third-order valence-electron chi connectivity index (χ3n) is 11.0. The Bertz CT molecular complexity index is 3020. The molecule has 0 amide bonds. The molecule has 10 rings (SSSR count). The van der Waals surface area contributed by atoms with Crippen molar-refractivity contribution in [2.24, 2.45) is 10.8 Å². The van der Waals surface area contributed by atoms with Crippen LogP contribution in [0.4, 0.5) is 0 Å². The van der Waals surface area contributed by atoms with Crippen LogP contribution in [0.15, 0.2) is 155 Å². The van der Waals surface area contributed by atoms with Gasteiger partial charge in [0.2, 0.25) is 0 Å². The van der Waals surface area contributed by atoms with Crippen molar-refractivity contribution >= 4 is 43.7 Å². The van der Waals surface area contributed by atoms with Gasteiger partial charge < -0.3 is 13.6 Å². The van der Waals surface area contributed by atoms with Crippen molar-refractivity contribution in [3.63, 3.8) is 0 Å². The zero-order valence-corrected chi connectivity index (χ0v) is 35.3. The van der Waals surface area contributed by atoms with Gasteiger partial charge in [-0.15, -0.1) is 0 Å². The second kappa shape index (κ2) is 14.9. The molecule has 4 aromatic heterocycles. The number of rotatable bonds is 8. The van der Waals surface area contributed by atoms with E-state index in [1.165, 1.54) is 11.1 Å². The number of hydrogen-bond acceptors (Lipinski definition) is 7. The van der Waals surface area contributed by atoms with Gasteiger partial charge in [-0.05, 0) is 69.8 Å². The number of ether oxygens (including phenoxy) is 1. The molecule has 7 heteroatoms. The summed E-state index contributed by atoms with van der Waals surface area (Å²) in [5.41, 5.74) is 10.8. The summed E-state index contributed by atoms with van der Waals surface area (Å²) in [7, 11) is 0. The molecule has 0 atom stereocenters. The van der Waals surface area contributed by atoms with Crippen LogP contribution in [0.25, 0.3) is 88.9 Å². The summed E-state index contributed by atoms with van der Waals surface area (Å²) in [5, 5.41) is 3.95. The summed E-state index contributed by atoms with van der Waals surface area (Å²) in [4.78, 5) is 18.8. The summed E-state index contributed by atoms with van der Waals surface area (Å²) in [5.74, 6) is 2.87. The fourth-order valence-electron chi connectivity index (χ4n) is 8.31. The molecule has 0 N–H and O–H groups in total. The van der Waals surface area contributed by atoms with Gasteiger partial charge in [0.05, 0.1) is 0 Å². The van der Waals surface area contributed by atoms with E-state index in [1.54, 1.807) is 12.7 Å². The van der Waals surface area contributed by atoms with Crippen LogP contribution < -0.4 is 4.74 Å². The van der Waals surface area contributed by atoms with E-state index in [1.807, 2.05) is 48.5 Å². The smallest absolute Gasteiger partial charge is 0.179 e. The van der Waals surface area contributed by atoms with E-state index >= 15 is 0 Å². The molecule has 0 bridgehead atoms. The molecule has 6 aromatic carbocycles. The lowest BCUT2D eigenvalue weighted by Crippen LogP contribution is -2.08. The Hall–Kier alpha value is -7.12. The Morgan fingerprint density at radius 1 is 0.443 bits per heavy atom. The van der Waals surface area contributed by atoms with Crippen LogP contribution in [-0.2, 0) is 12.8 Å². The quantitative estimate of drug-likeness (QED) is 0.151. The number of hydrogen-bond donors (Lipinski definition) is 0. The first kappa shape index (κ1) is 38.1. The number of nitrogens with zero attached hydrogens (tertiary/aromatic N) is 4. The molecule has 7 nitrogen and oxygen atoms in total. The van der Waals surface area contributed by atoms with E-state index < -0.39 is 0 Å². The van der Waals surface area contributed by atoms with Crippen LogP contribution in [-0.4, -0.2) is 19.9 Å². The van der Waals surface area contributed by atoms with Crippen LogP contribution >= 0.6 is 0 Å². The number of furan rings is 2. The third-order valence-corrected chi connectivity index (χ3v) is 11.0. The van der Waals surface area contributed by atoms with Crippen molar-refractivity contribution in [3.8, 4) is 56.7 Å². The predicted octanol–water partition coefficient (Wildman–Crippen LogP) is 14.7. The van der Waals surface area contributed by atoms with Crippen molar-refractivity contribution in [2.75, 3.05) is 0 Å². The molecular formula is C54H46N4O3. The van der Waals surface area contributed by atoms with Crippen LogP contribution in [0.1, 0.15) is 52.7 Å². The third kappa shape index (κ3) is 7.75. The van der Waals surface area contributed by atoms with Gasteiger partial charge in [0.1, 0.15) is 58.1 Å². The normalized spacial score (nSPS) is 12.2. The van der Waals surface area contributed by atoms with Gasteiger partial charge in [-0.3, -0.25) is 0 Å². The second-order valence-electron chi connectivity index (χ2n) is 18.5. The van der Waals surface area contributed by atoms with Gasteiger partial charge in [0, 0.05) is 45.2 Å². The lowest BCUT2D eigenvalue weighted by atomic mass is 9.88. The Morgan fingerprint density at radius 3 is 1.26 bits per heavy atom. The Balaban J connectivity index is 1.04. The Morgan fingerprint density at radius 2 is 0.852 bits per heavy atom. The summed E-state index contributed by atoms with van der Waals surface area (Å²) < 4.78 is 20.2. The second-order valence-corrected chi connectivity index (χ2v) is 18.5. The van der Waals surface area contributed by atoms with Crippen LogP contribution in [0.3, 0.4) is 0 Å². The lowest BCUT2D eigenvalue weighted by molar-refractivity contribution is 0.411. The fraction of sp³-hybridized carbons (Fsp3) is 0.185. The molecule has 0 saturated carbocycles. The van der Waals surface area contributed by atoms with Crippen molar-refractivity contribution in [3.05, 3.63) is 157 Å². The summed E-state index contributed by atoms with van der Waals surface area (Å²) in [6.45, 7) is 13.5. The molecular weight excluding hydrogens is 753 g/mol. The monoisotopic (exact) mass is 798 g/mol. The predicted molar refractivity (Wildman–Crippen MR) is 247 cm³/mol. The maximum atomic E-state index is 7.05. The van der Waals surface area contributed by atoms with E-state index in [4.69, 9.17) is 23.5 Å². The maximum Gasteiger partial charge on any atom is 0.179 e. The Labute approximate surface area is 355 Å². The van der Waals surface area contributed by atoms with Gasteiger partial charge in [-0.2, -0.15) is 0 Å². The molecule has 4 heterocycles. The van der Waals surface area contributed by atoms with E-state index in [-0.39, 0.29) is 10.8 Å². The zero-order valence-electron chi connectivity index (χ0n) is 35.3. The molecule has 0 unspecified atom stereocenters. The molecule has 0 saturated heterocycles. The van der Waals surface area contributed by atoms with Gasteiger partial charge >= 0.3 is 0 Å². The van der Waals surface area contributed by atoms with E-state index in [0.29, 0.717) is 34.1 Å². The highest BCUT2D eigenvalue weighted by atomic mass is 16.5. The van der Waals surface area contributed by atoms with Crippen molar-refractivity contribution in [1.29, 1.82) is 0 Å². The summed E-state index contributed by atoms with van der Waals surface area (Å²) in [6, 6.07) is 46.0. The SMILES string of the molecule is CC(C)(C)Cc1ccc(-c2cc3ncnc(-c4cc(Oc5cc(-c6ncnc7cc(-c8ccc(CC(C)(C)C)cc8)oc67)cc6ccccc56)c5ccccc5c4)c3o2)cc1. The highest BCUT2D eigenvalue weighted by molar-refractivity contribution is 6.00.